The predicted octanol–water partition coefficient (Wildman–Crippen LogP) is 2.08. The number of nitrogens with zero attached hydrogens (tertiary/aromatic N) is 3. The van der Waals surface area contributed by atoms with Gasteiger partial charge in [0, 0.05) is 39.4 Å². The van der Waals surface area contributed by atoms with Gasteiger partial charge in [0.05, 0.1) is 5.69 Å². The molecule has 0 aliphatic carbocycles. The van der Waals surface area contributed by atoms with Gasteiger partial charge in [-0.3, -0.25) is 0 Å². The van der Waals surface area contributed by atoms with Crippen LogP contribution in [0.4, 0.5) is 5.82 Å². The second kappa shape index (κ2) is 5.31. The van der Waals surface area contributed by atoms with Crippen LogP contribution in [-0.4, -0.2) is 36.6 Å². The molecule has 4 nitrogen and oxygen atoms in total. The van der Waals surface area contributed by atoms with E-state index in [1.165, 1.54) is 37.2 Å². The second-order valence-corrected chi connectivity index (χ2v) is 5.61. The van der Waals surface area contributed by atoms with E-state index in [1.807, 2.05) is 0 Å². The van der Waals surface area contributed by atoms with E-state index < -0.39 is 0 Å². The van der Waals surface area contributed by atoms with Crippen molar-refractivity contribution in [1.82, 2.24) is 9.78 Å². The van der Waals surface area contributed by atoms with Crippen LogP contribution in [0.2, 0.25) is 0 Å². The number of rotatable bonds is 2. The van der Waals surface area contributed by atoms with Crippen molar-refractivity contribution in [3.8, 4) is 0 Å². The van der Waals surface area contributed by atoms with Gasteiger partial charge in [0.15, 0.2) is 0 Å². The first-order chi connectivity index (χ1) is 8.83. The molecule has 0 atom stereocenters. The fourth-order valence-electron chi connectivity index (χ4n) is 3.00. The van der Waals surface area contributed by atoms with Gasteiger partial charge in [0.1, 0.15) is 5.82 Å². The zero-order chi connectivity index (χ0) is 12.4. The largest absolute Gasteiger partial charge is 0.381 e. The van der Waals surface area contributed by atoms with Gasteiger partial charge in [0.2, 0.25) is 0 Å². The molecule has 0 aromatic carbocycles. The van der Waals surface area contributed by atoms with Crippen molar-refractivity contribution in [1.29, 1.82) is 0 Å². The lowest BCUT2D eigenvalue weighted by Gasteiger charge is -2.20. The van der Waals surface area contributed by atoms with E-state index in [1.54, 1.807) is 0 Å². The van der Waals surface area contributed by atoms with Crippen molar-refractivity contribution in [3.05, 3.63) is 11.8 Å². The van der Waals surface area contributed by atoms with Crippen LogP contribution in [0.15, 0.2) is 6.07 Å². The lowest BCUT2D eigenvalue weighted by atomic mass is 9.95. The van der Waals surface area contributed by atoms with E-state index in [0.29, 0.717) is 0 Å². The van der Waals surface area contributed by atoms with Crippen molar-refractivity contribution in [2.24, 2.45) is 5.92 Å². The Balaban J connectivity index is 1.71. The maximum Gasteiger partial charge on any atom is 0.126 e. The summed E-state index contributed by atoms with van der Waals surface area (Å²) in [5, 5.41) is 4.79. The van der Waals surface area contributed by atoms with Gasteiger partial charge in [-0.1, -0.05) is 0 Å². The highest BCUT2D eigenvalue weighted by Gasteiger charge is 2.19. The summed E-state index contributed by atoms with van der Waals surface area (Å²) in [4.78, 5) is 2.34. The summed E-state index contributed by atoms with van der Waals surface area (Å²) in [5.74, 6) is 2.07. The van der Waals surface area contributed by atoms with Gasteiger partial charge in [-0.05, 0) is 38.0 Å². The second-order valence-electron chi connectivity index (χ2n) is 5.61. The summed E-state index contributed by atoms with van der Waals surface area (Å²) in [7, 11) is 2.18. The molecule has 1 aromatic heterocycles. The molecule has 0 unspecified atom stereocenters. The SMILES string of the molecule is CN1CCCCn2nc(CC3CCOCC3)cc21. The fourth-order valence-corrected chi connectivity index (χ4v) is 3.00. The van der Waals surface area contributed by atoms with Crippen molar-refractivity contribution < 1.29 is 4.74 Å². The zero-order valence-corrected chi connectivity index (χ0v) is 11.3. The number of hydrogen-bond donors (Lipinski definition) is 0. The maximum absolute atomic E-state index is 5.42. The average molecular weight is 249 g/mol. The van der Waals surface area contributed by atoms with Crippen LogP contribution < -0.4 is 4.90 Å². The first-order valence-electron chi connectivity index (χ1n) is 7.18. The molecule has 0 N–H and O–H groups in total. The van der Waals surface area contributed by atoms with Crippen molar-refractivity contribution in [3.63, 3.8) is 0 Å². The lowest BCUT2D eigenvalue weighted by Crippen LogP contribution is -2.18. The number of ether oxygens (including phenoxy) is 1. The molecule has 0 amide bonds. The van der Waals surface area contributed by atoms with Crippen molar-refractivity contribution in [2.75, 3.05) is 31.7 Å². The van der Waals surface area contributed by atoms with E-state index in [0.717, 1.165) is 38.6 Å². The number of aryl methyl sites for hydroxylation is 1. The molecule has 1 aromatic rings. The molecule has 0 saturated carbocycles. The van der Waals surface area contributed by atoms with Crippen molar-refractivity contribution in [2.45, 2.75) is 38.6 Å². The monoisotopic (exact) mass is 249 g/mol. The summed E-state index contributed by atoms with van der Waals surface area (Å²) in [5.41, 5.74) is 1.27. The molecule has 100 valence electrons. The Morgan fingerprint density at radius 3 is 2.89 bits per heavy atom. The van der Waals surface area contributed by atoms with Crippen molar-refractivity contribution >= 4 is 5.82 Å². The Bertz CT molecular complexity index is 396. The number of fused-ring (bicyclic) bond motifs is 1. The van der Waals surface area contributed by atoms with Crippen LogP contribution in [0, 0.1) is 5.92 Å². The van der Waals surface area contributed by atoms with Gasteiger partial charge >= 0.3 is 0 Å². The van der Waals surface area contributed by atoms with E-state index in [-0.39, 0.29) is 0 Å². The van der Waals surface area contributed by atoms with Crippen LogP contribution in [0.1, 0.15) is 31.4 Å². The van der Waals surface area contributed by atoms with Gasteiger partial charge in [-0.15, -0.1) is 0 Å². The van der Waals surface area contributed by atoms with Gasteiger partial charge in [-0.25, -0.2) is 4.68 Å². The topological polar surface area (TPSA) is 30.3 Å². The molecule has 2 aliphatic rings. The number of anilines is 1. The molecular formula is C14H23N3O. The molecule has 0 bridgehead atoms. The third kappa shape index (κ3) is 2.53. The molecular weight excluding hydrogens is 226 g/mol. The minimum absolute atomic E-state index is 0.767. The Morgan fingerprint density at radius 1 is 1.28 bits per heavy atom. The molecule has 4 heteroatoms. The molecule has 18 heavy (non-hydrogen) atoms. The average Bonchev–Trinajstić information content (AvgIpc) is 2.71. The van der Waals surface area contributed by atoms with E-state index in [2.05, 4.69) is 22.7 Å². The standard InChI is InChI=1S/C14H23N3O/c1-16-6-2-3-7-17-14(16)11-13(15-17)10-12-4-8-18-9-5-12/h11-12H,2-10H2,1H3. The fraction of sp³-hybridized carbons (Fsp3) is 0.786. The quantitative estimate of drug-likeness (QED) is 0.804. The number of hydrogen-bond acceptors (Lipinski definition) is 3. The molecule has 3 heterocycles. The highest BCUT2D eigenvalue weighted by atomic mass is 16.5. The zero-order valence-electron chi connectivity index (χ0n) is 11.3. The molecule has 0 radical (unpaired) electrons. The third-order valence-corrected chi connectivity index (χ3v) is 4.15. The minimum Gasteiger partial charge on any atom is -0.381 e. The summed E-state index contributed by atoms with van der Waals surface area (Å²) in [6.45, 7) is 4.09. The highest BCUT2D eigenvalue weighted by Crippen LogP contribution is 2.24. The highest BCUT2D eigenvalue weighted by molar-refractivity contribution is 5.40. The van der Waals surface area contributed by atoms with Gasteiger partial charge < -0.3 is 9.64 Å². The summed E-state index contributed by atoms with van der Waals surface area (Å²) < 4.78 is 7.61. The molecule has 2 aliphatic heterocycles. The van der Waals surface area contributed by atoms with Crippen LogP contribution >= 0.6 is 0 Å². The maximum atomic E-state index is 5.42. The van der Waals surface area contributed by atoms with Gasteiger partial charge in [0.25, 0.3) is 0 Å². The Morgan fingerprint density at radius 2 is 2.06 bits per heavy atom. The van der Waals surface area contributed by atoms with Gasteiger partial charge in [-0.2, -0.15) is 5.10 Å². The van der Waals surface area contributed by atoms with Crippen LogP contribution in [0.3, 0.4) is 0 Å². The first kappa shape index (κ1) is 12.0. The normalized spacial score (nSPS) is 21.7. The molecule has 1 fully saturated rings. The van der Waals surface area contributed by atoms with E-state index in [4.69, 9.17) is 9.84 Å². The Kier molecular flexibility index (Phi) is 3.55. The molecule has 3 rings (SSSR count). The van der Waals surface area contributed by atoms with E-state index in [9.17, 15) is 0 Å². The van der Waals surface area contributed by atoms with Crippen LogP contribution in [0.5, 0.6) is 0 Å². The summed E-state index contributed by atoms with van der Waals surface area (Å²) in [6.07, 6.45) is 6.03. The Hall–Kier alpha value is -1.03. The molecule has 1 saturated heterocycles. The Labute approximate surface area is 109 Å². The predicted molar refractivity (Wildman–Crippen MR) is 72.0 cm³/mol. The lowest BCUT2D eigenvalue weighted by molar-refractivity contribution is 0.0662. The number of aromatic nitrogens is 2. The summed E-state index contributed by atoms with van der Waals surface area (Å²) in [6, 6.07) is 2.29. The minimum atomic E-state index is 0.767. The molecule has 0 spiro atoms. The van der Waals surface area contributed by atoms with Crippen LogP contribution in [0.25, 0.3) is 0 Å². The van der Waals surface area contributed by atoms with Crippen LogP contribution in [-0.2, 0) is 17.7 Å². The van der Waals surface area contributed by atoms with E-state index >= 15 is 0 Å². The third-order valence-electron chi connectivity index (χ3n) is 4.15. The summed E-state index contributed by atoms with van der Waals surface area (Å²) >= 11 is 0. The first-order valence-corrected chi connectivity index (χ1v) is 7.18. The smallest absolute Gasteiger partial charge is 0.126 e.